The van der Waals surface area contributed by atoms with E-state index in [9.17, 15) is 4.79 Å². The number of allylic oxidation sites excluding steroid dienone is 2. The van der Waals surface area contributed by atoms with Crippen molar-refractivity contribution in [1.29, 1.82) is 0 Å². The van der Waals surface area contributed by atoms with Crippen LogP contribution in [0.4, 0.5) is 0 Å². The van der Waals surface area contributed by atoms with E-state index in [1.807, 2.05) is 0 Å². The van der Waals surface area contributed by atoms with Crippen LogP contribution >= 0.6 is 0 Å². The predicted octanol–water partition coefficient (Wildman–Crippen LogP) is 4.55. The number of rotatable bonds is 2. The number of carbonyl (C=O) groups is 1. The van der Waals surface area contributed by atoms with E-state index in [4.69, 9.17) is 0 Å². The number of hydrogen-bond donors (Lipinski definition) is 0. The van der Waals surface area contributed by atoms with Crippen LogP contribution in [0.15, 0.2) is 30.4 Å². The first-order valence-corrected chi connectivity index (χ1v) is 8.50. The lowest BCUT2D eigenvalue weighted by molar-refractivity contribution is -0.126. The second kappa shape index (κ2) is 4.56. The van der Waals surface area contributed by atoms with E-state index in [1.54, 1.807) is 0 Å². The van der Waals surface area contributed by atoms with E-state index in [2.05, 4.69) is 44.2 Å². The van der Waals surface area contributed by atoms with Gasteiger partial charge in [-0.05, 0) is 60.1 Å². The molecule has 0 N–H and O–H groups in total. The highest BCUT2D eigenvalue weighted by molar-refractivity contribution is 5.94. The van der Waals surface area contributed by atoms with E-state index in [1.165, 1.54) is 23.1 Å². The molecule has 21 heavy (non-hydrogen) atoms. The summed E-state index contributed by atoms with van der Waals surface area (Å²) in [5, 5.41) is 0. The van der Waals surface area contributed by atoms with Crippen molar-refractivity contribution >= 4 is 5.78 Å². The maximum atomic E-state index is 13.0. The van der Waals surface area contributed by atoms with Gasteiger partial charge in [0.2, 0.25) is 0 Å². The molecule has 3 aliphatic carbocycles. The van der Waals surface area contributed by atoms with Crippen molar-refractivity contribution in [2.45, 2.75) is 57.3 Å². The number of fused-ring (bicyclic) bond motifs is 5. The van der Waals surface area contributed by atoms with Gasteiger partial charge in [-0.3, -0.25) is 4.79 Å². The van der Waals surface area contributed by atoms with Crippen LogP contribution in [-0.4, -0.2) is 5.78 Å². The van der Waals surface area contributed by atoms with Gasteiger partial charge in [-0.1, -0.05) is 44.2 Å². The van der Waals surface area contributed by atoms with Crippen molar-refractivity contribution in [3.05, 3.63) is 47.0 Å². The quantitative estimate of drug-likeness (QED) is 0.726. The zero-order chi connectivity index (χ0) is 14.6. The van der Waals surface area contributed by atoms with Crippen LogP contribution in [0.1, 0.15) is 62.1 Å². The van der Waals surface area contributed by atoms with Crippen LogP contribution < -0.4 is 0 Å². The molecular weight excluding hydrogens is 256 g/mol. The number of hydrogen-bond acceptors (Lipinski definition) is 1. The number of ketones is 1. The summed E-state index contributed by atoms with van der Waals surface area (Å²) in [4.78, 5) is 13.0. The van der Waals surface area contributed by atoms with Crippen LogP contribution in [0, 0.1) is 11.8 Å². The first-order valence-electron chi connectivity index (χ1n) is 8.50. The second-order valence-corrected chi connectivity index (χ2v) is 7.28. The third-order valence-electron chi connectivity index (χ3n) is 6.28. The summed E-state index contributed by atoms with van der Waals surface area (Å²) in [5.74, 6) is 2.16. The topological polar surface area (TPSA) is 17.1 Å². The Labute approximate surface area is 127 Å². The largest absolute Gasteiger partial charge is 0.299 e. The van der Waals surface area contributed by atoms with Gasteiger partial charge in [0, 0.05) is 6.42 Å². The normalized spacial score (nSPS) is 34.5. The van der Waals surface area contributed by atoms with Crippen molar-refractivity contribution in [3.8, 4) is 0 Å². The highest BCUT2D eigenvalue weighted by Crippen LogP contribution is 2.58. The molecule has 4 atom stereocenters. The van der Waals surface area contributed by atoms with Crippen LogP contribution in [0.25, 0.3) is 0 Å². The molecule has 1 nitrogen and oxygen atoms in total. The Balaban J connectivity index is 1.96. The van der Waals surface area contributed by atoms with Crippen molar-refractivity contribution in [3.63, 3.8) is 0 Å². The summed E-state index contributed by atoms with van der Waals surface area (Å²) in [7, 11) is 0. The first-order chi connectivity index (χ1) is 10.2. The zero-order valence-electron chi connectivity index (χ0n) is 13.1. The molecule has 0 aliphatic heterocycles. The lowest BCUT2D eigenvalue weighted by Gasteiger charge is -2.41. The Bertz CT molecular complexity index is 627. The molecule has 1 heteroatoms. The maximum absolute atomic E-state index is 13.0. The van der Waals surface area contributed by atoms with Crippen LogP contribution in [0.2, 0.25) is 0 Å². The number of benzene rings is 1. The summed E-state index contributed by atoms with van der Waals surface area (Å²) in [6.45, 7) is 4.56. The van der Waals surface area contributed by atoms with Gasteiger partial charge in [-0.25, -0.2) is 0 Å². The van der Waals surface area contributed by atoms with Crippen LogP contribution in [-0.2, 0) is 16.6 Å². The molecule has 2 bridgehead atoms. The van der Waals surface area contributed by atoms with E-state index < -0.39 is 0 Å². The summed E-state index contributed by atoms with van der Waals surface area (Å²) < 4.78 is 0. The van der Waals surface area contributed by atoms with Crippen molar-refractivity contribution in [2.24, 2.45) is 11.8 Å². The van der Waals surface area contributed by atoms with Gasteiger partial charge >= 0.3 is 0 Å². The third kappa shape index (κ3) is 1.66. The number of aryl methyl sites for hydroxylation is 1. The minimum Gasteiger partial charge on any atom is -0.299 e. The van der Waals surface area contributed by atoms with Crippen LogP contribution in [0.3, 0.4) is 0 Å². The molecule has 1 saturated carbocycles. The van der Waals surface area contributed by atoms with E-state index >= 15 is 0 Å². The zero-order valence-corrected chi connectivity index (χ0v) is 13.1. The Morgan fingerprint density at radius 3 is 2.81 bits per heavy atom. The van der Waals surface area contributed by atoms with E-state index in [0.717, 1.165) is 25.7 Å². The summed E-state index contributed by atoms with van der Waals surface area (Å²) in [6, 6.07) is 6.75. The molecular formula is C20H24O. The lowest BCUT2D eigenvalue weighted by atomic mass is 9.60. The molecule has 1 fully saturated rings. The van der Waals surface area contributed by atoms with E-state index in [-0.39, 0.29) is 5.41 Å². The van der Waals surface area contributed by atoms with Gasteiger partial charge in [0.25, 0.3) is 0 Å². The molecule has 4 unspecified atom stereocenters. The molecule has 0 saturated heterocycles. The number of carbonyl (C=O) groups excluding carboxylic acids is 1. The van der Waals surface area contributed by atoms with Crippen LogP contribution in [0.5, 0.6) is 0 Å². The molecule has 1 aromatic carbocycles. The summed E-state index contributed by atoms with van der Waals surface area (Å²) >= 11 is 0. The molecule has 1 aromatic rings. The fourth-order valence-electron chi connectivity index (χ4n) is 5.08. The van der Waals surface area contributed by atoms with Crippen molar-refractivity contribution < 1.29 is 4.79 Å². The maximum Gasteiger partial charge on any atom is 0.144 e. The highest BCUT2D eigenvalue weighted by Gasteiger charge is 2.56. The molecule has 0 amide bonds. The third-order valence-corrected chi connectivity index (χ3v) is 6.28. The minimum absolute atomic E-state index is 0.174. The molecule has 0 radical (unpaired) electrons. The molecule has 4 rings (SSSR count). The second-order valence-electron chi connectivity index (χ2n) is 7.28. The van der Waals surface area contributed by atoms with Gasteiger partial charge in [-0.15, -0.1) is 0 Å². The standard InChI is InChI=1S/C20H24O/c1-3-13(2)17-6-4-5-15-8-10-18(21)20(19(15)17)12-14-7-9-16(20)11-14/h4-7,9,13-14,16H,3,8,10-12H2,1-2H3. The first kappa shape index (κ1) is 13.3. The van der Waals surface area contributed by atoms with Gasteiger partial charge < -0.3 is 0 Å². The highest BCUT2D eigenvalue weighted by atomic mass is 16.1. The van der Waals surface area contributed by atoms with Gasteiger partial charge in [0.15, 0.2) is 0 Å². The SMILES string of the molecule is CCC(C)c1cccc2c1C1(CC3C=CC1C3)C(=O)CC2. The Hall–Kier alpha value is -1.37. The van der Waals surface area contributed by atoms with Crippen molar-refractivity contribution in [1.82, 2.24) is 0 Å². The van der Waals surface area contributed by atoms with Gasteiger partial charge in [-0.2, -0.15) is 0 Å². The van der Waals surface area contributed by atoms with Gasteiger partial charge in [0.1, 0.15) is 5.78 Å². The monoisotopic (exact) mass is 280 g/mol. The molecule has 110 valence electrons. The fraction of sp³-hybridized carbons (Fsp3) is 0.550. The average Bonchev–Trinajstić information content (AvgIpc) is 3.11. The Morgan fingerprint density at radius 1 is 1.29 bits per heavy atom. The minimum atomic E-state index is -0.174. The average molecular weight is 280 g/mol. The van der Waals surface area contributed by atoms with Gasteiger partial charge in [0.05, 0.1) is 5.41 Å². The number of Topliss-reactive ketones (excluding diaryl/α,β-unsaturated/α-hetero) is 1. The smallest absolute Gasteiger partial charge is 0.144 e. The Kier molecular flexibility index (Phi) is 2.89. The van der Waals surface area contributed by atoms with E-state index in [0.29, 0.717) is 23.5 Å². The predicted molar refractivity (Wildman–Crippen MR) is 85.5 cm³/mol. The fourth-order valence-corrected chi connectivity index (χ4v) is 5.08. The Morgan fingerprint density at radius 2 is 2.14 bits per heavy atom. The summed E-state index contributed by atoms with van der Waals surface area (Å²) in [6.07, 6.45) is 9.78. The molecule has 1 spiro atoms. The lowest BCUT2D eigenvalue weighted by Crippen LogP contribution is -2.44. The molecule has 0 heterocycles. The molecule has 3 aliphatic rings. The van der Waals surface area contributed by atoms with Crippen molar-refractivity contribution in [2.75, 3.05) is 0 Å². The molecule has 0 aromatic heterocycles. The summed E-state index contributed by atoms with van der Waals surface area (Å²) in [5.41, 5.74) is 4.16.